The van der Waals surface area contributed by atoms with Crippen molar-refractivity contribution in [1.29, 1.82) is 0 Å². The van der Waals surface area contributed by atoms with E-state index in [2.05, 4.69) is 50.2 Å². The summed E-state index contributed by atoms with van der Waals surface area (Å²) in [5, 5.41) is 0. The quantitative estimate of drug-likeness (QED) is 0.696. The second kappa shape index (κ2) is 6.51. The number of rotatable bonds is 5. The van der Waals surface area contributed by atoms with Crippen molar-refractivity contribution < 1.29 is 4.79 Å². The van der Waals surface area contributed by atoms with Gasteiger partial charge in [0.1, 0.15) is 0 Å². The molecule has 1 nitrogen and oxygen atoms in total. The minimum Gasteiger partial charge on any atom is -0.294 e. The molecule has 0 spiro atoms. The van der Waals surface area contributed by atoms with Gasteiger partial charge < -0.3 is 0 Å². The fourth-order valence-electron chi connectivity index (χ4n) is 2.49. The van der Waals surface area contributed by atoms with E-state index >= 15 is 0 Å². The van der Waals surface area contributed by atoms with Crippen LogP contribution in [0.15, 0.2) is 48.5 Å². The van der Waals surface area contributed by atoms with Crippen LogP contribution in [-0.4, -0.2) is 5.78 Å². The molecule has 0 aromatic heterocycles. The smallest absolute Gasteiger partial charge is 0.162 e. The van der Waals surface area contributed by atoms with E-state index in [0.29, 0.717) is 12.3 Å². The third-order valence-electron chi connectivity index (χ3n) is 3.65. The Morgan fingerprint density at radius 1 is 1.05 bits per heavy atom. The van der Waals surface area contributed by atoms with Crippen molar-refractivity contribution in [2.24, 2.45) is 0 Å². The van der Waals surface area contributed by atoms with Crippen LogP contribution < -0.4 is 0 Å². The zero-order valence-electron chi connectivity index (χ0n) is 12.5. The maximum absolute atomic E-state index is 11.9. The summed E-state index contributed by atoms with van der Waals surface area (Å²) >= 11 is 0. The number of carbonyl (C=O) groups is 1. The SMILES string of the molecule is CCC(=O)c1ccc(Cc2ccccc2)c(C(C)C)c1. The van der Waals surface area contributed by atoms with Crippen molar-refractivity contribution in [1.82, 2.24) is 0 Å². The first-order chi connectivity index (χ1) is 9.61. The van der Waals surface area contributed by atoms with E-state index in [0.717, 1.165) is 12.0 Å². The Morgan fingerprint density at radius 2 is 1.75 bits per heavy atom. The monoisotopic (exact) mass is 266 g/mol. The zero-order chi connectivity index (χ0) is 14.5. The van der Waals surface area contributed by atoms with Gasteiger partial charge in [-0.05, 0) is 35.1 Å². The largest absolute Gasteiger partial charge is 0.294 e. The fraction of sp³-hybridized carbons (Fsp3) is 0.316. The molecule has 0 radical (unpaired) electrons. The number of Topliss-reactive ketones (excluding diaryl/α,β-unsaturated/α-hetero) is 1. The van der Waals surface area contributed by atoms with Crippen molar-refractivity contribution >= 4 is 5.78 Å². The first-order valence-electron chi connectivity index (χ1n) is 7.31. The number of ketones is 1. The molecule has 2 aromatic rings. The number of hydrogen-bond donors (Lipinski definition) is 0. The van der Waals surface area contributed by atoms with Gasteiger partial charge in [0.15, 0.2) is 5.78 Å². The van der Waals surface area contributed by atoms with Crippen molar-refractivity contribution in [3.63, 3.8) is 0 Å². The van der Waals surface area contributed by atoms with E-state index in [9.17, 15) is 4.79 Å². The molecule has 1 heteroatoms. The molecule has 2 rings (SSSR count). The molecule has 0 atom stereocenters. The number of carbonyl (C=O) groups excluding carboxylic acids is 1. The standard InChI is InChI=1S/C19H22O/c1-4-19(20)17-11-10-16(18(13-17)14(2)3)12-15-8-6-5-7-9-15/h5-11,13-14H,4,12H2,1-3H3. The van der Waals surface area contributed by atoms with Crippen LogP contribution in [0.1, 0.15) is 60.2 Å². The van der Waals surface area contributed by atoms with Crippen LogP contribution in [0.25, 0.3) is 0 Å². The summed E-state index contributed by atoms with van der Waals surface area (Å²) in [6.07, 6.45) is 1.49. The molecular weight excluding hydrogens is 244 g/mol. The van der Waals surface area contributed by atoms with Gasteiger partial charge >= 0.3 is 0 Å². The van der Waals surface area contributed by atoms with Gasteiger partial charge in [-0.1, -0.05) is 63.2 Å². The Hall–Kier alpha value is -1.89. The topological polar surface area (TPSA) is 17.1 Å². The molecule has 2 aromatic carbocycles. The van der Waals surface area contributed by atoms with Gasteiger partial charge in [0.05, 0.1) is 0 Å². The molecule has 0 N–H and O–H groups in total. The highest BCUT2D eigenvalue weighted by molar-refractivity contribution is 5.96. The predicted octanol–water partition coefficient (Wildman–Crippen LogP) is 4.99. The average Bonchev–Trinajstić information content (AvgIpc) is 2.47. The molecule has 0 saturated carbocycles. The summed E-state index contributed by atoms with van der Waals surface area (Å²) < 4.78 is 0. The zero-order valence-corrected chi connectivity index (χ0v) is 12.5. The lowest BCUT2D eigenvalue weighted by atomic mass is 9.90. The molecule has 0 fully saturated rings. The summed E-state index contributed by atoms with van der Waals surface area (Å²) in [4.78, 5) is 11.9. The summed E-state index contributed by atoms with van der Waals surface area (Å²) in [6.45, 7) is 6.28. The Kier molecular flexibility index (Phi) is 4.73. The fourth-order valence-corrected chi connectivity index (χ4v) is 2.49. The third kappa shape index (κ3) is 3.36. The third-order valence-corrected chi connectivity index (χ3v) is 3.65. The van der Waals surface area contributed by atoms with Gasteiger partial charge in [-0.2, -0.15) is 0 Å². The number of benzene rings is 2. The van der Waals surface area contributed by atoms with Crippen molar-refractivity contribution in [2.75, 3.05) is 0 Å². The van der Waals surface area contributed by atoms with Crippen LogP contribution in [0, 0.1) is 0 Å². The van der Waals surface area contributed by atoms with E-state index in [1.807, 2.05) is 19.1 Å². The molecule has 0 bridgehead atoms. The van der Waals surface area contributed by atoms with E-state index in [1.54, 1.807) is 0 Å². The summed E-state index contributed by atoms with van der Waals surface area (Å²) in [6, 6.07) is 16.6. The highest BCUT2D eigenvalue weighted by Gasteiger charge is 2.11. The van der Waals surface area contributed by atoms with E-state index in [1.165, 1.54) is 16.7 Å². The van der Waals surface area contributed by atoms with Crippen molar-refractivity contribution in [3.8, 4) is 0 Å². The van der Waals surface area contributed by atoms with Crippen LogP contribution >= 0.6 is 0 Å². The normalized spacial score (nSPS) is 10.8. The first-order valence-corrected chi connectivity index (χ1v) is 7.31. The second-order valence-electron chi connectivity index (χ2n) is 5.51. The predicted molar refractivity (Wildman–Crippen MR) is 84.4 cm³/mol. The van der Waals surface area contributed by atoms with Crippen molar-refractivity contribution in [3.05, 3.63) is 70.8 Å². The highest BCUT2D eigenvalue weighted by Crippen LogP contribution is 2.24. The van der Waals surface area contributed by atoms with Crippen LogP contribution in [0.5, 0.6) is 0 Å². The average molecular weight is 266 g/mol. The molecule has 0 aliphatic heterocycles. The van der Waals surface area contributed by atoms with Crippen LogP contribution in [0.4, 0.5) is 0 Å². The van der Waals surface area contributed by atoms with Gasteiger partial charge in [-0.3, -0.25) is 4.79 Å². The van der Waals surface area contributed by atoms with Crippen molar-refractivity contribution in [2.45, 2.75) is 39.5 Å². The van der Waals surface area contributed by atoms with Gasteiger partial charge in [0, 0.05) is 12.0 Å². The first kappa shape index (κ1) is 14.5. The molecule has 20 heavy (non-hydrogen) atoms. The Morgan fingerprint density at radius 3 is 2.35 bits per heavy atom. The maximum Gasteiger partial charge on any atom is 0.162 e. The van der Waals surface area contributed by atoms with E-state index in [4.69, 9.17) is 0 Å². The second-order valence-corrected chi connectivity index (χ2v) is 5.51. The Balaban J connectivity index is 2.35. The van der Waals surface area contributed by atoms with Gasteiger partial charge in [0.25, 0.3) is 0 Å². The summed E-state index contributed by atoms with van der Waals surface area (Å²) in [5.74, 6) is 0.650. The Labute approximate surface area is 121 Å². The van der Waals surface area contributed by atoms with Gasteiger partial charge in [0.2, 0.25) is 0 Å². The molecule has 0 aliphatic carbocycles. The minimum atomic E-state index is 0.221. The lowest BCUT2D eigenvalue weighted by molar-refractivity contribution is 0.0988. The van der Waals surface area contributed by atoms with Gasteiger partial charge in [-0.25, -0.2) is 0 Å². The molecular formula is C19H22O. The Bertz CT molecular complexity index is 582. The van der Waals surface area contributed by atoms with Gasteiger partial charge in [-0.15, -0.1) is 0 Å². The van der Waals surface area contributed by atoms with Crippen LogP contribution in [-0.2, 0) is 6.42 Å². The molecule has 104 valence electrons. The maximum atomic E-state index is 11.9. The lowest BCUT2D eigenvalue weighted by Gasteiger charge is -2.14. The molecule has 0 amide bonds. The highest BCUT2D eigenvalue weighted by atomic mass is 16.1. The van der Waals surface area contributed by atoms with E-state index in [-0.39, 0.29) is 5.78 Å². The summed E-state index contributed by atoms with van der Waals surface area (Å²) in [5.41, 5.74) is 4.75. The molecule has 0 heterocycles. The molecule has 0 aliphatic rings. The van der Waals surface area contributed by atoms with Crippen LogP contribution in [0.2, 0.25) is 0 Å². The van der Waals surface area contributed by atoms with Crippen LogP contribution in [0.3, 0.4) is 0 Å². The minimum absolute atomic E-state index is 0.221. The lowest BCUT2D eigenvalue weighted by Crippen LogP contribution is -2.03. The summed E-state index contributed by atoms with van der Waals surface area (Å²) in [7, 11) is 0. The number of hydrogen-bond acceptors (Lipinski definition) is 1. The van der Waals surface area contributed by atoms with E-state index < -0.39 is 0 Å². The molecule has 0 saturated heterocycles. The molecule has 0 unspecified atom stereocenters.